The highest BCUT2D eigenvalue weighted by molar-refractivity contribution is 7.91. The molecule has 0 saturated carbocycles. The molecule has 60 valence electrons. The smallest absolute Gasteiger partial charge is 0.144 e. The van der Waals surface area contributed by atoms with Crippen LogP contribution in [0.15, 0.2) is 4.40 Å². The molecule has 0 spiro atoms. The van der Waals surface area contributed by atoms with Crippen LogP contribution in [0.2, 0.25) is 0 Å². The van der Waals surface area contributed by atoms with E-state index >= 15 is 0 Å². The summed E-state index contributed by atoms with van der Waals surface area (Å²) in [4.78, 5) is 0. The van der Waals surface area contributed by atoms with Gasteiger partial charge in [0.05, 0.1) is 5.71 Å². The third-order valence-corrected chi connectivity index (χ3v) is 2.37. The normalized spacial score (nSPS) is 14.6. The van der Waals surface area contributed by atoms with E-state index in [2.05, 4.69) is 4.40 Å². The van der Waals surface area contributed by atoms with Gasteiger partial charge in [-0.05, 0) is 34.6 Å². The van der Waals surface area contributed by atoms with Crippen LogP contribution in [0.5, 0.6) is 0 Å². The predicted molar refractivity (Wildman–Crippen MR) is 46.7 cm³/mol. The maximum atomic E-state index is 11.2. The van der Waals surface area contributed by atoms with E-state index in [9.17, 15) is 4.55 Å². The van der Waals surface area contributed by atoms with Crippen molar-refractivity contribution in [1.82, 2.24) is 0 Å². The van der Waals surface area contributed by atoms with Crippen LogP contribution in [0.1, 0.15) is 34.6 Å². The van der Waals surface area contributed by atoms with Crippen LogP contribution < -0.4 is 0 Å². The quantitative estimate of drug-likeness (QED) is 0.427. The average molecular weight is 161 g/mol. The summed E-state index contributed by atoms with van der Waals surface area (Å²) in [6.07, 6.45) is 0. The van der Waals surface area contributed by atoms with Gasteiger partial charge in [0, 0.05) is 0 Å². The fraction of sp³-hybridized carbons (Fsp3) is 0.857. The molecule has 0 rings (SSSR count). The topological polar surface area (TPSA) is 35.4 Å². The Labute approximate surface area is 66.1 Å². The monoisotopic (exact) mass is 161 g/mol. The zero-order chi connectivity index (χ0) is 8.36. The highest BCUT2D eigenvalue weighted by Gasteiger charge is 2.25. The molecule has 0 aliphatic carbocycles. The lowest BCUT2D eigenvalue weighted by Crippen LogP contribution is -2.26. The maximum Gasteiger partial charge on any atom is 0.144 e. The molecule has 0 aliphatic rings. The van der Waals surface area contributed by atoms with Crippen molar-refractivity contribution in [1.29, 1.82) is 0 Å². The maximum absolute atomic E-state index is 11.2. The highest BCUT2D eigenvalue weighted by atomic mass is 32.2. The lowest BCUT2D eigenvalue weighted by molar-refractivity contribution is 0.561. The van der Waals surface area contributed by atoms with Crippen LogP contribution in [0, 0.1) is 0 Å². The molecule has 10 heavy (non-hydrogen) atoms. The third-order valence-electron chi connectivity index (χ3n) is 0.789. The Morgan fingerprint density at radius 2 is 1.70 bits per heavy atom. The molecule has 0 heterocycles. The molecule has 0 aromatic carbocycles. The molecular weight excluding hydrogens is 146 g/mol. The Kier molecular flexibility index (Phi) is 3.39. The summed E-state index contributed by atoms with van der Waals surface area (Å²) < 4.78 is 14.9. The second-order valence-corrected chi connectivity index (χ2v) is 5.31. The van der Waals surface area contributed by atoms with Crippen molar-refractivity contribution in [2.75, 3.05) is 0 Å². The van der Waals surface area contributed by atoms with Crippen molar-refractivity contribution in [3.63, 3.8) is 0 Å². The molecule has 0 unspecified atom stereocenters. The average Bonchev–Trinajstić information content (AvgIpc) is 1.60. The van der Waals surface area contributed by atoms with Crippen molar-refractivity contribution in [3.05, 3.63) is 0 Å². The lowest BCUT2D eigenvalue weighted by atomic mass is 10.3. The number of rotatable bonds is 1. The Hall–Kier alpha value is -0.0200. The molecular formula is C7H15NOS. The SMILES string of the molecule is CC(C)=N[S@+]([O-])C(C)(C)C. The summed E-state index contributed by atoms with van der Waals surface area (Å²) in [6, 6.07) is 0. The standard InChI is InChI=1S/C7H15NOS/c1-6(2)8-10(9)7(3,4)5/h1-5H3/t10-/m1/s1. The highest BCUT2D eigenvalue weighted by Crippen LogP contribution is 2.16. The fourth-order valence-corrected chi connectivity index (χ4v) is 0.908. The number of nitrogens with zero attached hydrogens (tertiary/aromatic N) is 1. The first kappa shape index (κ1) is 9.98. The fourth-order valence-electron chi connectivity index (χ4n) is 0.303. The van der Waals surface area contributed by atoms with Crippen molar-refractivity contribution >= 4 is 17.1 Å². The van der Waals surface area contributed by atoms with Gasteiger partial charge in [0.25, 0.3) is 0 Å². The minimum Gasteiger partial charge on any atom is -0.591 e. The zero-order valence-electron chi connectivity index (χ0n) is 7.26. The van der Waals surface area contributed by atoms with Crippen molar-refractivity contribution in [2.24, 2.45) is 4.40 Å². The summed E-state index contributed by atoms with van der Waals surface area (Å²) in [6.45, 7) is 9.44. The molecule has 2 nitrogen and oxygen atoms in total. The minimum atomic E-state index is -1.08. The summed E-state index contributed by atoms with van der Waals surface area (Å²) in [5.41, 5.74) is 0.869. The van der Waals surface area contributed by atoms with Gasteiger partial charge in [0.15, 0.2) is 0 Å². The number of hydrogen-bond acceptors (Lipinski definition) is 2. The van der Waals surface area contributed by atoms with Crippen LogP contribution in [0.4, 0.5) is 0 Å². The van der Waals surface area contributed by atoms with Crippen LogP contribution in [-0.4, -0.2) is 15.0 Å². The Balaban J connectivity index is 4.11. The minimum absolute atomic E-state index is 0.225. The first-order valence-electron chi connectivity index (χ1n) is 3.28. The molecule has 0 fully saturated rings. The van der Waals surface area contributed by atoms with Gasteiger partial charge in [-0.1, -0.05) is 4.40 Å². The van der Waals surface area contributed by atoms with Crippen molar-refractivity contribution in [3.8, 4) is 0 Å². The summed E-state index contributed by atoms with van der Waals surface area (Å²) in [5, 5.41) is 0. The molecule has 0 N–H and O–H groups in total. The van der Waals surface area contributed by atoms with Gasteiger partial charge in [-0.15, -0.1) is 0 Å². The molecule has 0 aromatic heterocycles. The Morgan fingerprint density at radius 1 is 1.30 bits per heavy atom. The summed E-state index contributed by atoms with van der Waals surface area (Å²) >= 11 is -1.08. The van der Waals surface area contributed by atoms with Crippen molar-refractivity contribution < 1.29 is 4.55 Å². The van der Waals surface area contributed by atoms with E-state index in [-0.39, 0.29) is 4.75 Å². The van der Waals surface area contributed by atoms with Crippen LogP contribution in [0.25, 0.3) is 0 Å². The molecule has 0 amide bonds. The van der Waals surface area contributed by atoms with Gasteiger partial charge in [-0.3, -0.25) is 0 Å². The van der Waals surface area contributed by atoms with E-state index in [4.69, 9.17) is 0 Å². The van der Waals surface area contributed by atoms with Gasteiger partial charge in [-0.25, -0.2) is 0 Å². The zero-order valence-corrected chi connectivity index (χ0v) is 8.08. The van der Waals surface area contributed by atoms with E-state index in [0.717, 1.165) is 5.71 Å². The molecule has 3 heteroatoms. The van der Waals surface area contributed by atoms with E-state index in [1.165, 1.54) is 0 Å². The molecule has 0 aromatic rings. The third kappa shape index (κ3) is 3.90. The largest absolute Gasteiger partial charge is 0.591 e. The molecule has 0 saturated heterocycles. The van der Waals surface area contributed by atoms with E-state index < -0.39 is 11.4 Å². The molecule has 0 aliphatic heterocycles. The summed E-state index contributed by atoms with van der Waals surface area (Å²) in [5.74, 6) is 0. The van der Waals surface area contributed by atoms with E-state index in [0.29, 0.717) is 0 Å². The van der Waals surface area contributed by atoms with Crippen LogP contribution in [-0.2, 0) is 11.4 Å². The summed E-state index contributed by atoms with van der Waals surface area (Å²) in [7, 11) is 0. The van der Waals surface area contributed by atoms with Gasteiger partial charge in [-0.2, -0.15) is 0 Å². The molecule has 1 atom stereocenters. The molecule has 0 radical (unpaired) electrons. The van der Waals surface area contributed by atoms with Crippen molar-refractivity contribution in [2.45, 2.75) is 39.4 Å². The van der Waals surface area contributed by atoms with E-state index in [1.54, 1.807) is 0 Å². The van der Waals surface area contributed by atoms with Gasteiger partial charge < -0.3 is 4.55 Å². The first-order chi connectivity index (χ1) is 4.34. The van der Waals surface area contributed by atoms with E-state index in [1.807, 2.05) is 34.6 Å². The first-order valence-corrected chi connectivity index (χ1v) is 4.38. The number of hydrogen-bond donors (Lipinski definition) is 0. The predicted octanol–water partition coefficient (Wildman–Crippen LogP) is 1.93. The Bertz CT molecular complexity index is 133. The van der Waals surface area contributed by atoms with Gasteiger partial charge in [0.1, 0.15) is 16.1 Å². The Morgan fingerprint density at radius 3 is 1.80 bits per heavy atom. The van der Waals surface area contributed by atoms with Gasteiger partial charge >= 0.3 is 0 Å². The van der Waals surface area contributed by atoms with Crippen LogP contribution in [0.3, 0.4) is 0 Å². The molecule has 0 bridgehead atoms. The second-order valence-electron chi connectivity index (χ2n) is 3.40. The lowest BCUT2D eigenvalue weighted by Gasteiger charge is -2.18. The van der Waals surface area contributed by atoms with Crippen LogP contribution >= 0.6 is 0 Å². The second kappa shape index (κ2) is 3.39. The van der Waals surface area contributed by atoms with Gasteiger partial charge in [0.2, 0.25) is 0 Å².